The van der Waals surface area contributed by atoms with Gasteiger partial charge in [0.2, 0.25) is 0 Å². The largest absolute Gasteiger partial charge is 0.455 e. The molecule has 1 N–H and O–H groups in total. The first kappa shape index (κ1) is 16.9. The van der Waals surface area contributed by atoms with Gasteiger partial charge in [-0.3, -0.25) is 10.2 Å². The van der Waals surface area contributed by atoms with Gasteiger partial charge in [0.05, 0.1) is 17.3 Å². The van der Waals surface area contributed by atoms with Crippen LogP contribution in [0.15, 0.2) is 40.7 Å². The van der Waals surface area contributed by atoms with E-state index in [2.05, 4.69) is 30.2 Å². The third-order valence-corrected chi connectivity index (χ3v) is 6.42. The molecule has 2 aromatic rings. The van der Waals surface area contributed by atoms with E-state index in [9.17, 15) is 0 Å². The maximum atomic E-state index is 6.33. The summed E-state index contributed by atoms with van der Waals surface area (Å²) in [6.07, 6.45) is 7.82. The van der Waals surface area contributed by atoms with Gasteiger partial charge in [0, 0.05) is 30.3 Å². The van der Waals surface area contributed by atoms with Gasteiger partial charge in [-0.2, -0.15) is 0 Å². The van der Waals surface area contributed by atoms with Crippen molar-refractivity contribution in [2.45, 2.75) is 23.5 Å². The topological polar surface area (TPSA) is 75.5 Å². The second-order valence-electron chi connectivity index (χ2n) is 7.34. The molecule has 8 heteroatoms. The van der Waals surface area contributed by atoms with Crippen molar-refractivity contribution in [3.63, 3.8) is 0 Å². The lowest BCUT2D eigenvalue weighted by atomic mass is 9.75. The number of fused-ring (bicyclic) bond motifs is 2. The first-order chi connectivity index (χ1) is 13.2. The van der Waals surface area contributed by atoms with E-state index in [-0.39, 0.29) is 5.60 Å². The Morgan fingerprint density at radius 1 is 1.22 bits per heavy atom. The Morgan fingerprint density at radius 3 is 2.81 bits per heavy atom. The molecule has 2 bridgehead atoms. The zero-order valence-electron chi connectivity index (χ0n) is 15.3. The maximum Gasteiger partial charge on any atom is 0.291 e. The van der Waals surface area contributed by atoms with Gasteiger partial charge in [0.25, 0.3) is 6.02 Å². The van der Waals surface area contributed by atoms with Crippen molar-refractivity contribution in [2.24, 2.45) is 10.9 Å². The van der Waals surface area contributed by atoms with E-state index in [0.29, 0.717) is 17.8 Å². The summed E-state index contributed by atoms with van der Waals surface area (Å²) in [4.78, 5) is 20.2. The van der Waals surface area contributed by atoms with Crippen molar-refractivity contribution >= 4 is 23.6 Å². The average Bonchev–Trinajstić information content (AvgIpc) is 3.11. The number of aliphatic imine (C=N–C) groups is 1. The number of thioether (sulfide) groups is 1. The van der Waals surface area contributed by atoms with Gasteiger partial charge in [0.15, 0.2) is 0 Å². The van der Waals surface area contributed by atoms with Crippen LogP contribution in [0.25, 0.3) is 11.3 Å². The highest BCUT2D eigenvalue weighted by molar-refractivity contribution is 7.98. The van der Waals surface area contributed by atoms with E-state index in [4.69, 9.17) is 4.74 Å². The SMILES string of the molecule is CSc1ccc(-c2cc(NC3=NC[C@@]4(CN5CCC4CC5)O3)ncn2)cn1. The van der Waals surface area contributed by atoms with E-state index in [1.54, 1.807) is 18.1 Å². The van der Waals surface area contributed by atoms with Crippen molar-refractivity contribution in [3.05, 3.63) is 30.7 Å². The summed E-state index contributed by atoms with van der Waals surface area (Å²) < 4.78 is 6.33. The summed E-state index contributed by atoms with van der Waals surface area (Å²) in [5.41, 5.74) is 1.64. The second kappa shape index (κ2) is 6.76. The molecule has 6 heterocycles. The predicted octanol–water partition coefficient (Wildman–Crippen LogP) is 2.52. The molecule has 1 atom stereocenters. The van der Waals surface area contributed by atoms with Gasteiger partial charge in [0.1, 0.15) is 17.7 Å². The standard InChI is InChI=1S/C19H22N6OS/c1-27-17-3-2-13(9-20-17)15-8-16(23-12-22-15)24-18-21-10-19(26-18)11-25-6-4-14(19)5-7-25/h2-3,8-9,12,14H,4-7,10-11H2,1H3,(H,21,22,23,24)/t19-/m0/s1. The highest BCUT2D eigenvalue weighted by Crippen LogP contribution is 2.40. The van der Waals surface area contributed by atoms with Crippen LogP contribution in [0.5, 0.6) is 0 Å². The quantitative estimate of drug-likeness (QED) is 0.818. The minimum atomic E-state index is -0.147. The fraction of sp³-hybridized carbons (Fsp3) is 0.474. The zero-order chi connectivity index (χ0) is 18.3. The number of anilines is 1. The van der Waals surface area contributed by atoms with Crippen molar-refractivity contribution in [2.75, 3.05) is 37.8 Å². The van der Waals surface area contributed by atoms with E-state index >= 15 is 0 Å². The van der Waals surface area contributed by atoms with Crippen LogP contribution in [0.2, 0.25) is 0 Å². The number of hydrogen-bond donors (Lipinski definition) is 1. The average molecular weight is 382 g/mol. The number of pyridine rings is 1. The van der Waals surface area contributed by atoms with E-state index in [0.717, 1.165) is 29.4 Å². The number of nitrogens with zero attached hydrogens (tertiary/aromatic N) is 5. The fourth-order valence-electron chi connectivity index (χ4n) is 4.29. The van der Waals surface area contributed by atoms with Crippen LogP contribution in [-0.4, -0.2) is 63.9 Å². The summed E-state index contributed by atoms with van der Waals surface area (Å²) in [5.74, 6) is 1.29. The Labute approximate surface area is 162 Å². The Balaban J connectivity index is 1.30. The van der Waals surface area contributed by atoms with Crippen molar-refractivity contribution in [1.29, 1.82) is 0 Å². The Morgan fingerprint density at radius 2 is 2.11 bits per heavy atom. The zero-order valence-corrected chi connectivity index (χ0v) is 16.1. The molecule has 3 fully saturated rings. The van der Waals surface area contributed by atoms with Gasteiger partial charge in [-0.05, 0) is 44.3 Å². The van der Waals surface area contributed by atoms with Gasteiger partial charge < -0.3 is 4.74 Å². The smallest absolute Gasteiger partial charge is 0.291 e. The summed E-state index contributed by atoms with van der Waals surface area (Å²) in [6, 6.07) is 6.50. The number of ether oxygens (including phenoxy) is 1. The number of rotatable bonds is 3. The molecule has 7 nitrogen and oxygen atoms in total. The van der Waals surface area contributed by atoms with Crippen LogP contribution in [0.4, 0.5) is 5.82 Å². The minimum Gasteiger partial charge on any atom is -0.455 e. The molecule has 4 aliphatic rings. The molecular weight excluding hydrogens is 360 g/mol. The van der Waals surface area contributed by atoms with E-state index in [1.807, 2.05) is 30.7 Å². The third kappa shape index (κ3) is 3.17. The van der Waals surface area contributed by atoms with Crippen LogP contribution >= 0.6 is 11.8 Å². The molecule has 27 heavy (non-hydrogen) atoms. The van der Waals surface area contributed by atoms with E-state index < -0.39 is 0 Å². The molecule has 0 aromatic carbocycles. The molecule has 140 valence electrons. The van der Waals surface area contributed by atoms with Gasteiger partial charge >= 0.3 is 0 Å². The van der Waals surface area contributed by atoms with Crippen molar-refractivity contribution in [3.8, 4) is 11.3 Å². The second-order valence-corrected chi connectivity index (χ2v) is 8.17. The van der Waals surface area contributed by atoms with Gasteiger partial charge in [-0.1, -0.05) is 0 Å². The van der Waals surface area contributed by atoms with Crippen molar-refractivity contribution in [1.82, 2.24) is 19.9 Å². The summed E-state index contributed by atoms with van der Waals surface area (Å²) in [6.45, 7) is 4.09. The molecule has 0 aliphatic carbocycles. The maximum absolute atomic E-state index is 6.33. The lowest BCUT2D eigenvalue weighted by Gasteiger charge is -2.50. The monoisotopic (exact) mass is 382 g/mol. The number of aromatic nitrogens is 3. The van der Waals surface area contributed by atoms with Crippen molar-refractivity contribution < 1.29 is 4.74 Å². The van der Waals surface area contributed by atoms with Gasteiger partial charge in [-0.25, -0.2) is 19.9 Å². The number of nitrogens with one attached hydrogen (secondary N) is 1. The molecule has 1 spiro atoms. The molecular formula is C19H22N6OS. The number of amidine groups is 1. The predicted molar refractivity (Wildman–Crippen MR) is 106 cm³/mol. The lowest BCUT2D eigenvalue weighted by molar-refractivity contribution is -0.0829. The Kier molecular flexibility index (Phi) is 4.24. The van der Waals surface area contributed by atoms with Gasteiger partial charge in [-0.15, -0.1) is 11.8 Å². The minimum absolute atomic E-state index is 0.147. The lowest BCUT2D eigenvalue weighted by Crippen LogP contribution is -2.61. The Bertz CT molecular complexity index is 865. The number of hydrogen-bond acceptors (Lipinski definition) is 8. The first-order valence-electron chi connectivity index (χ1n) is 9.29. The summed E-state index contributed by atoms with van der Waals surface area (Å²) >= 11 is 1.62. The molecule has 4 aliphatic heterocycles. The molecule has 3 saturated heterocycles. The van der Waals surface area contributed by atoms with Crippen LogP contribution < -0.4 is 5.32 Å². The fourth-order valence-corrected chi connectivity index (χ4v) is 4.66. The summed E-state index contributed by atoms with van der Waals surface area (Å²) in [5, 5.41) is 4.23. The third-order valence-electron chi connectivity index (χ3n) is 5.76. The van der Waals surface area contributed by atoms with Crippen LogP contribution in [-0.2, 0) is 4.74 Å². The molecule has 0 unspecified atom stereocenters. The highest BCUT2D eigenvalue weighted by Gasteiger charge is 2.51. The highest BCUT2D eigenvalue weighted by atomic mass is 32.2. The molecule has 6 rings (SSSR count). The first-order valence-corrected chi connectivity index (χ1v) is 10.5. The summed E-state index contributed by atoms with van der Waals surface area (Å²) in [7, 11) is 0. The Hall–Kier alpha value is -2.19. The van der Waals surface area contributed by atoms with E-state index in [1.165, 1.54) is 25.9 Å². The molecule has 0 saturated carbocycles. The molecule has 2 aromatic heterocycles. The van der Waals surface area contributed by atoms with Crippen LogP contribution in [0, 0.1) is 5.92 Å². The normalized spacial score (nSPS) is 28.9. The van der Waals surface area contributed by atoms with Crippen LogP contribution in [0.1, 0.15) is 12.8 Å². The number of piperidine rings is 3. The van der Waals surface area contributed by atoms with Crippen LogP contribution in [0.3, 0.4) is 0 Å². The molecule has 0 amide bonds. The molecule has 0 radical (unpaired) electrons.